The SMILES string of the molecule is C(C[Si]12O[Si]3O[Si]4O[Si]5O[Si](O3)O[Si](O[Si](O5)O[Si](O4)O1)O2)[Si]12O[Si]3O[Si]4O[Si]5O[Si](O3)O[Si](O[Si](O5)O[Si](O4)O1)O2. The van der Waals surface area contributed by atoms with E-state index in [1.165, 1.54) is 0 Å². The van der Waals surface area contributed by atoms with E-state index in [2.05, 4.69) is 0 Å². The van der Waals surface area contributed by atoms with Crippen LogP contribution in [0.15, 0.2) is 0 Å². The molecule has 0 aliphatic carbocycles. The van der Waals surface area contributed by atoms with E-state index in [-0.39, 0.29) is 12.1 Å². The Morgan fingerprint density at radius 3 is 0.524 bits per heavy atom. The highest BCUT2D eigenvalue weighted by molar-refractivity contribution is 6.89. The molecule has 12 fully saturated rings. The predicted molar refractivity (Wildman–Crippen MR) is 128 cm³/mol. The predicted octanol–water partition coefficient (Wildman–Crippen LogP) is -6.81. The Morgan fingerprint density at radius 2 is 0.357 bits per heavy atom. The molecule has 220 valence electrons. The largest absolute Gasteiger partial charge is 0.553 e. The molecule has 14 radical (unpaired) electrons. The molecule has 12 aliphatic rings. The topological polar surface area (TPSA) is 222 Å². The molecule has 40 heteroatoms. The Labute approximate surface area is 260 Å². The summed E-state index contributed by atoms with van der Waals surface area (Å²) in [7, 11) is -43.1. The third kappa shape index (κ3) is 5.89. The van der Waals surface area contributed by atoms with E-state index in [9.17, 15) is 0 Å². The highest BCUT2D eigenvalue weighted by Crippen LogP contribution is 2.38. The zero-order valence-corrected chi connectivity index (χ0v) is 35.2. The normalized spacial score (nSPS) is 36.9. The molecule has 12 heterocycles. The zero-order valence-electron chi connectivity index (χ0n) is 19.2. The average Bonchev–Trinajstić information content (AvgIpc) is 2.76. The molecule has 0 N–H and O–H groups in total. The van der Waals surface area contributed by atoms with Gasteiger partial charge in [0, 0.05) is 12.1 Å². The third-order valence-corrected chi connectivity index (χ3v) is 42.9. The van der Waals surface area contributed by atoms with Crippen molar-refractivity contribution in [3.05, 3.63) is 0 Å². The summed E-state index contributed by atoms with van der Waals surface area (Å²) < 4.78 is 144. The summed E-state index contributed by atoms with van der Waals surface area (Å²) in [6.07, 6.45) is 0. The van der Waals surface area contributed by atoms with Gasteiger partial charge >= 0.3 is 151 Å². The highest BCUT2D eigenvalue weighted by atomic mass is 28.6. The lowest BCUT2D eigenvalue weighted by molar-refractivity contribution is 0.0222. The molecule has 0 aromatic carbocycles. The van der Waals surface area contributed by atoms with Crippen LogP contribution in [0, 0.1) is 0 Å². The molecule has 0 saturated carbocycles. The van der Waals surface area contributed by atoms with Crippen LogP contribution in [0.2, 0.25) is 12.1 Å². The molecule has 0 aromatic heterocycles. The number of rotatable bonds is 3. The van der Waals surface area contributed by atoms with E-state index in [1.54, 1.807) is 0 Å². The molecule has 12 rings (SSSR count). The van der Waals surface area contributed by atoms with Gasteiger partial charge in [-0.2, -0.15) is 0 Å². The van der Waals surface area contributed by atoms with Crippen molar-refractivity contribution in [1.29, 1.82) is 0 Å². The Balaban J connectivity index is 0.984. The standard InChI is InChI=1S/C2H4O24Si16/c1(41-21-35-9-29-3-27-4-30(11-35)13-37(23-41)14-31(5-27)12-36(10-29)22-41)2-42-24-38-15-32-6-28-7-33(17-38)19-40(26-42)20-34(8-28)18-39(16-32)25-42/h1-2H2. The Morgan fingerprint density at radius 1 is 0.214 bits per heavy atom. The maximum absolute atomic E-state index is 6.37. The van der Waals surface area contributed by atoms with E-state index in [1.807, 2.05) is 0 Å². The summed E-state index contributed by atoms with van der Waals surface area (Å²) in [5.74, 6) is 0. The van der Waals surface area contributed by atoms with Gasteiger partial charge in [0.2, 0.25) is 0 Å². The maximum atomic E-state index is 6.37. The highest BCUT2D eigenvalue weighted by Gasteiger charge is 2.69. The van der Waals surface area contributed by atoms with Gasteiger partial charge in [0.15, 0.2) is 0 Å². The molecule has 0 spiro atoms. The van der Waals surface area contributed by atoms with E-state index >= 15 is 0 Å². The molecule has 12 saturated heterocycles. The van der Waals surface area contributed by atoms with Crippen molar-refractivity contribution in [2.45, 2.75) is 12.1 Å². The first-order valence-electron chi connectivity index (χ1n) is 11.0. The van der Waals surface area contributed by atoms with Gasteiger partial charge in [-0.25, -0.2) is 0 Å². The van der Waals surface area contributed by atoms with Crippen LogP contribution in [0.25, 0.3) is 0 Å². The molecular formula is C2H4O24Si16. The summed E-state index contributed by atoms with van der Waals surface area (Å²) >= 11 is 0. The first-order valence-corrected chi connectivity index (χ1v) is 32.0. The van der Waals surface area contributed by atoms with Crippen LogP contribution >= 0.6 is 0 Å². The van der Waals surface area contributed by atoms with Crippen molar-refractivity contribution >= 4 is 151 Å². The number of hydrogen-bond donors (Lipinski definition) is 0. The monoisotopic (exact) mass is 860 g/mol. The zero-order chi connectivity index (χ0) is 27.5. The van der Waals surface area contributed by atoms with E-state index in [0.717, 1.165) is 0 Å². The lowest BCUT2D eigenvalue weighted by Crippen LogP contribution is -2.73. The van der Waals surface area contributed by atoms with Gasteiger partial charge in [0.25, 0.3) is 0 Å². The Bertz CT molecular complexity index is 822. The van der Waals surface area contributed by atoms with E-state index < -0.39 is 151 Å². The van der Waals surface area contributed by atoms with Gasteiger partial charge in [0.1, 0.15) is 0 Å². The van der Waals surface area contributed by atoms with Crippen molar-refractivity contribution < 1.29 is 98.8 Å². The minimum Gasteiger partial charge on any atom is -0.371 e. The molecule has 42 heavy (non-hydrogen) atoms. The van der Waals surface area contributed by atoms with Crippen LogP contribution < -0.4 is 0 Å². The van der Waals surface area contributed by atoms with Crippen molar-refractivity contribution in [3.63, 3.8) is 0 Å². The Kier molecular flexibility index (Phi) is 8.09. The minimum absolute atomic E-state index is 0.00473. The lowest BCUT2D eigenvalue weighted by Gasteiger charge is -2.47. The second-order valence-corrected chi connectivity index (χ2v) is 38.1. The van der Waals surface area contributed by atoms with Gasteiger partial charge in [0.05, 0.1) is 0 Å². The van der Waals surface area contributed by atoms with Crippen LogP contribution in [0.3, 0.4) is 0 Å². The summed E-state index contributed by atoms with van der Waals surface area (Å²) in [4.78, 5) is 0. The smallest absolute Gasteiger partial charge is 0.371 e. The molecule has 24 nitrogen and oxygen atoms in total. The fourth-order valence-corrected chi connectivity index (χ4v) is 50.4. The molecule has 0 atom stereocenters. The fourth-order valence-electron chi connectivity index (χ4n) is 3.60. The maximum Gasteiger partial charge on any atom is 0.553 e. The average molecular weight is 861 g/mol. The fraction of sp³-hybridized carbons (Fsp3) is 1.00. The van der Waals surface area contributed by atoms with Crippen molar-refractivity contribution in [1.82, 2.24) is 0 Å². The molecule has 0 amide bonds. The summed E-state index contributed by atoms with van der Waals surface area (Å²) in [6, 6.07) is -0.00946. The molecule has 12 aliphatic heterocycles. The summed E-state index contributed by atoms with van der Waals surface area (Å²) in [5, 5.41) is 0. The second-order valence-electron chi connectivity index (χ2n) is 7.82. The third-order valence-electron chi connectivity index (χ3n) is 5.17. The van der Waals surface area contributed by atoms with Crippen molar-refractivity contribution in [3.8, 4) is 0 Å². The summed E-state index contributed by atoms with van der Waals surface area (Å²) in [6.45, 7) is 0. The van der Waals surface area contributed by atoms with Gasteiger partial charge in [-0.15, -0.1) is 0 Å². The van der Waals surface area contributed by atoms with Gasteiger partial charge < -0.3 is 98.8 Å². The number of hydrogen-bond acceptors (Lipinski definition) is 24. The van der Waals surface area contributed by atoms with Gasteiger partial charge in [-0.1, -0.05) is 0 Å². The lowest BCUT2D eigenvalue weighted by atomic mass is 11.0. The molecule has 0 unspecified atom stereocenters. The van der Waals surface area contributed by atoms with Crippen molar-refractivity contribution in [2.24, 2.45) is 0 Å². The van der Waals surface area contributed by atoms with Crippen LogP contribution in [-0.2, 0) is 98.8 Å². The van der Waals surface area contributed by atoms with E-state index in [4.69, 9.17) is 98.8 Å². The van der Waals surface area contributed by atoms with Crippen LogP contribution in [-0.4, -0.2) is 151 Å². The Hall–Kier alpha value is 2.51. The van der Waals surface area contributed by atoms with Gasteiger partial charge in [-0.05, 0) is 0 Å². The molecule has 16 bridgehead atoms. The van der Waals surface area contributed by atoms with Gasteiger partial charge in [-0.3, -0.25) is 0 Å². The first-order chi connectivity index (χ1) is 20.5. The molecule has 0 aromatic rings. The van der Waals surface area contributed by atoms with Crippen LogP contribution in [0.5, 0.6) is 0 Å². The first kappa shape index (κ1) is 29.4. The summed E-state index contributed by atoms with van der Waals surface area (Å²) in [5.41, 5.74) is 0. The quantitative estimate of drug-likeness (QED) is 0.241. The second kappa shape index (κ2) is 11.5. The van der Waals surface area contributed by atoms with E-state index in [0.29, 0.717) is 0 Å². The van der Waals surface area contributed by atoms with Crippen LogP contribution in [0.4, 0.5) is 0 Å². The minimum atomic E-state index is -3.91. The van der Waals surface area contributed by atoms with Crippen LogP contribution in [0.1, 0.15) is 0 Å². The van der Waals surface area contributed by atoms with Crippen molar-refractivity contribution in [2.75, 3.05) is 0 Å². The molecular weight excluding hydrogens is 857 g/mol.